The van der Waals surface area contributed by atoms with Gasteiger partial charge < -0.3 is 14.8 Å². The molecule has 1 aliphatic heterocycles. The van der Waals surface area contributed by atoms with Crippen LogP contribution >= 0.6 is 0 Å². The maximum absolute atomic E-state index is 12.3. The molecule has 1 atom stereocenters. The number of hydrogen-bond donors (Lipinski definition) is 1. The predicted octanol–water partition coefficient (Wildman–Crippen LogP) is 4.06. The molecule has 1 aliphatic rings. The summed E-state index contributed by atoms with van der Waals surface area (Å²) in [5, 5.41) is 2.91. The second kappa shape index (κ2) is 7.97. The van der Waals surface area contributed by atoms with Crippen molar-refractivity contribution >= 4 is 11.6 Å². The average Bonchev–Trinajstić information content (AvgIpc) is 3.14. The largest absolute Gasteiger partial charge is 0.491 e. The number of aryl methyl sites for hydroxylation is 1. The fourth-order valence-electron chi connectivity index (χ4n) is 2.72. The summed E-state index contributed by atoms with van der Waals surface area (Å²) in [7, 11) is 0. The fraction of sp³-hybridized carbons (Fsp3) is 0.350. The number of ether oxygens (including phenoxy) is 2. The minimum Gasteiger partial charge on any atom is -0.491 e. The van der Waals surface area contributed by atoms with Crippen LogP contribution in [0.5, 0.6) is 5.75 Å². The zero-order valence-corrected chi connectivity index (χ0v) is 14.0. The van der Waals surface area contributed by atoms with E-state index in [-0.39, 0.29) is 12.0 Å². The molecule has 0 spiro atoms. The molecule has 1 fully saturated rings. The highest BCUT2D eigenvalue weighted by molar-refractivity contribution is 6.04. The molecule has 0 bridgehead atoms. The second-order valence-corrected chi connectivity index (χ2v) is 5.98. The summed E-state index contributed by atoms with van der Waals surface area (Å²) in [6.07, 6.45) is 3.29. The molecule has 0 saturated carbocycles. The van der Waals surface area contributed by atoms with Crippen molar-refractivity contribution in [3.63, 3.8) is 0 Å². The number of carbonyl (C=O) groups is 1. The lowest BCUT2D eigenvalue weighted by atomic mass is 10.1. The van der Waals surface area contributed by atoms with E-state index in [1.807, 2.05) is 48.5 Å². The third-order valence-electron chi connectivity index (χ3n) is 4.18. The summed E-state index contributed by atoms with van der Waals surface area (Å²) < 4.78 is 11.3. The minimum atomic E-state index is -0.117. The molecule has 0 radical (unpaired) electrons. The number of amides is 1. The molecule has 2 aromatic carbocycles. The molecule has 4 heteroatoms. The van der Waals surface area contributed by atoms with Crippen LogP contribution in [0.4, 0.5) is 5.69 Å². The molecule has 1 saturated heterocycles. The first kappa shape index (κ1) is 16.5. The molecule has 1 heterocycles. The molecular weight excluding hydrogens is 302 g/mol. The maximum Gasteiger partial charge on any atom is 0.255 e. The van der Waals surface area contributed by atoms with Crippen molar-refractivity contribution < 1.29 is 14.3 Å². The normalized spacial score (nSPS) is 16.8. The van der Waals surface area contributed by atoms with Crippen molar-refractivity contribution in [3.05, 3.63) is 59.7 Å². The van der Waals surface area contributed by atoms with E-state index < -0.39 is 0 Å². The third-order valence-corrected chi connectivity index (χ3v) is 4.18. The topological polar surface area (TPSA) is 47.6 Å². The van der Waals surface area contributed by atoms with E-state index in [0.717, 1.165) is 37.3 Å². The summed E-state index contributed by atoms with van der Waals surface area (Å²) in [5.41, 5.74) is 2.60. The number of anilines is 1. The van der Waals surface area contributed by atoms with Crippen LogP contribution < -0.4 is 10.1 Å². The van der Waals surface area contributed by atoms with Crippen LogP contribution in [0.25, 0.3) is 0 Å². The quantitative estimate of drug-likeness (QED) is 0.871. The highest BCUT2D eigenvalue weighted by atomic mass is 16.5. The number of nitrogens with one attached hydrogen (secondary N) is 1. The minimum absolute atomic E-state index is 0.117. The van der Waals surface area contributed by atoms with Gasteiger partial charge in [-0.15, -0.1) is 0 Å². The first-order valence-corrected chi connectivity index (χ1v) is 8.49. The standard InChI is InChI=1S/C20H23NO3/c1-2-15-8-10-16(11-9-15)20(22)21-17-5-3-6-18(13-17)24-14-19-7-4-12-23-19/h3,5-6,8-11,13,19H,2,4,7,12,14H2,1H3,(H,21,22)/t19-/m0/s1. The van der Waals surface area contributed by atoms with Gasteiger partial charge in [0, 0.05) is 23.9 Å². The van der Waals surface area contributed by atoms with Crippen LogP contribution in [-0.4, -0.2) is 25.2 Å². The Hall–Kier alpha value is -2.33. The van der Waals surface area contributed by atoms with Gasteiger partial charge in [0.15, 0.2) is 0 Å². The van der Waals surface area contributed by atoms with Crippen molar-refractivity contribution in [2.75, 3.05) is 18.5 Å². The first-order chi connectivity index (χ1) is 11.7. The van der Waals surface area contributed by atoms with E-state index in [1.54, 1.807) is 0 Å². The summed E-state index contributed by atoms with van der Waals surface area (Å²) >= 11 is 0. The smallest absolute Gasteiger partial charge is 0.255 e. The van der Waals surface area contributed by atoms with E-state index in [2.05, 4.69) is 12.2 Å². The Morgan fingerprint density at radius 2 is 2.08 bits per heavy atom. The summed E-state index contributed by atoms with van der Waals surface area (Å²) in [5.74, 6) is 0.624. The molecule has 1 N–H and O–H groups in total. The molecule has 0 aliphatic carbocycles. The number of benzene rings is 2. The van der Waals surface area contributed by atoms with Gasteiger partial charge in [0.1, 0.15) is 12.4 Å². The Morgan fingerprint density at radius 3 is 2.79 bits per heavy atom. The maximum atomic E-state index is 12.3. The number of rotatable bonds is 6. The molecule has 1 amide bonds. The monoisotopic (exact) mass is 325 g/mol. The highest BCUT2D eigenvalue weighted by Crippen LogP contribution is 2.20. The zero-order valence-electron chi connectivity index (χ0n) is 14.0. The molecule has 0 unspecified atom stereocenters. The van der Waals surface area contributed by atoms with Crippen molar-refractivity contribution in [2.24, 2.45) is 0 Å². The van der Waals surface area contributed by atoms with Gasteiger partial charge in [-0.3, -0.25) is 4.79 Å². The van der Waals surface area contributed by atoms with Crippen molar-refractivity contribution in [1.82, 2.24) is 0 Å². The molecular formula is C20H23NO3. The van der Waals surface area contributed by atoms with Crippen LogP contribution in [0, 0.1) is 0 Å². The second-order valence-electron chi connectivity index (χ2n) is 5.98. The molecule has 2 aromatic rings. The van der Waals surface area contributed by atoms with Crippen LogP contribution in [0.2, 0.25) is 0 Å². The van der Waals surface area contributed by atoms with Gasteiger partial charge in [-0.2, -0.15) is 0 Å². The fourth-order valence-corrected chi connectivity index (χ4v) is 2.72. The molecule has 3 rings (SSSR count). The van der Waals surface area contributed by atoms with Crippen LogP contribution in [0.1, 0.15) is 35.7 Å². The SMILES string of the molecule is CCc1ccc(C(=O)Nc2cccc(OC[C@@H]3CCCO3)c2)cc1. The van der Waals surface area contributed by atoms with Gasteiger partial charge >= 0.3 is 0 Å². The highest BCUT2D eigenvalue weighted by Gasteiger charge is 2.16. The number of carbonyl (C=O) groups excluding carboxylic acids is 1. The van der Waals surface area contributed by atoms with Gasteiger partial charge in [-0.1, -0.05) is 25.1 Å². The van der Waals surface area contributed by atoms with Gasteiger partial charge in [0.25, 0.3) is 5.91 Å². The Labute approximate surface area is 142 Å². The van der Waals surface area contributed by atoms with E-state index in [4.69, 9.17) is 9.47 Å². The summed E-state index contributed by atoms with van der Waals surface area (Å²) in [6, 6.07) is 15.1. The molecule has 24 heavy (non-hydrogen) atoms. The summed E-state index contributed by atoms with van der Waals surface area (Å²) in [4.78, 5) is 12.3. The van der Waals surface area contributed by atoms with Crippen LogP contribution in [0.3, 0.4) is 0 Å². The lowest BCUT2D eigenvalue weighted by molar-refractivity contribution is 0.0680. The van der Waals surface area contributed by atoms with Crippen molar-refractivity contribution in [1.29, 1.82) is 0 Å². The first-order valence-electron chi connectivity index (χ1n) is 8.49. The average molecular weight is 325 g/mol. The Morgan fingerprint density at radius 1 is 1.25 bits per heavy atom. The van der Waals surface area contributed by atoms with E-state index in [0.29, 0.717) is 12.2 Å². The van der Waals surface area contributed by atoms with Crippen LogP contribution in [-0.2, 0) is 11.2 Å². The van der Waals surface area contributed by atoms with E-state index in [9.17, 15) is 4.79 Å². The van der Waals surface area contributed by atoms with Crippen molar-refractivity contribution in [2.45, 2.75) is 32.3 Å². The molecule has 0 aromatic heterocycles. The number of hydrogen-bond acceptors (Lipinski definition) is 3. The molecule has 4 nitrogen and oxygen atoms in total. The van der Waals surface area contributed by atoms with Gasteiger partial charge in [-0.05, 0) is 49.1 Å². The Bertz CT molecular complexity index is 676. The summed E-state index contributed by atoms with van der Waals surface area (Å²) in [6.45, 7) is 3.47. The zero-order chi connectivity index (χ0) is 16.8. The van der Waals surface area contributed by atoms with E-state index in [1.165, 1.54) is 5.56 Å². The lowest BCUT2D eigenvalue weighted by Crippen LogP contribution is -2.16. The van der Waals surface area contributed by atoms with Gasteiger partial charge in [-0.25, -0.2) is 0 Å². The van der Waals surface area contributed by atoms with Crippen molar-refractivity contribution in [3.8, 4) is 5.75 Å². The lowest BCUT2D eigenvalue weighted by Gasteiger charge is -2.12. The van der Waals surface area contributed by atoms with Gasteiger partial charge in [0.2, 0.25) is 0 Å². The Kier molecular flexibility index (Phi) is 5.49. The predicted molar refractivity (Wildman–Crippen MR) is 94.7 cm³/mol. The van der Waals surface area contributed by atoms with Gasteiger partial charge in [0.05, 0.1) is 6.10 Å². The Balaban J connectivity index is 1.59. The van der Waals surface area contributed by atoms with E-state index >= 15 is 0 Å². The molecule has 126 valence electrons. The van der Waals surface area contributed by atoms with Crippen LogP contribution in [0.15, 0.2) is 48.5 Å². The third kappa shape index (κ3) is 4.36.